The van der Waals surface area contributed by atoms with E-state index in [1.807, 2.05) is 6.92 Å². The number of aromatic nitrogens is 2. The molecule has 0 saturated carbocycles. The second-order valence-corrected chi connectivity index (χ2v) is 7.72. The number of anilines is 1. The van der Waals surface area contributed by atoms with E-state index < -0.39 is 17.6 Å². The minimum absolute atomic E-state index is 0.311. The van der Waals surface area contributed by atoms with Gasteiger partial charge in [-0.1, -0.05) is 17.7 Å². The molecule has 0 aliphatic carbocycles. The molecule has 0 aliphatic heterocycles. The third kappa shape index (κ3) is 3.53. The van der Waals surface area contributed by atoms with E-state index in [0.717, 1.165) is 16.9 Å². The molecule has 146 valence electrons. The first-order valence-electron chi connectivity index (χ1n) is 8.40. The van der Waals surface area contributed by atoms with Gasteiger partial charge in [0.25, 0.3) is 5.56 Å². The van der Waals surface area contributed by atoms with Crippen LogP contribution >= 0.6 is 22.9 Å². The molecule has 28 heavy (non-hydrogen) atoms. The molecule has 7 nitrogen and oxygen atoms in total. The molecule has 3 rings (SSSR count). The van der Waals surface area contributed by atoms with Crippen LogP contribution < -0.4 is 10.9 Å². The Bertz CT molecular complexity index is 1150. The monoisotopic (exact) mass is 419 g/mol. The third-order valence-electron chi connectivity index (χ3n) is 4.48. The van der Waals surface area contributed by atoms with E-state index in [-0.39, 0.29) is 5.91 Å². The van der Waals surface area contributed by atoms with Gasteiger partial charge in [0.1, 0.15) is 15.7 Å². The lowest BCUT2D eigenvalue weighted by Gasteiger charge is -2.15. The van der Waals surface area contributed by atoms with E-state index in [0.29, 0.717) is 31.4 Å². The predicted molar refractivity (Wildman–Crippen MR) is 109 cm³/mol. The number of benzene rings is 1. The van der Waals surface area contributed by atoms with Gasteiger partial charge in [0.05, 0.1) is 18.8 Å². The Balaban J connectivity index is 1.96. The Kier molecular flexibility index (Phi) is 5.53. The number of carbonyl (C=O) groups excluding carboxylic acids is 2. The summed E-state index contributed by atoms with van der Waals surface area (Å²) in [7, 11) is 1.28. The van der Waals surface area contributed by atoms with Crippen LogP contribution in [-0.2, 0) is 9.53 Å². The van der Waals surface area contributed by atoms with Gasteiger partial charge in [-0.2, -0.15) is 0 Å². The summed E-state index contributed by atoms with van der Waals surface area (Å²) >= 11 is 7.18. The van der Waals surface area contributed by atoms with Crippen LogP contribution in [0.3, 0.4) is 0 Å². The van der Waals surface area contributed by atoms with Crippen molar-refractivity contribution in [2.45, 2.75) is 26.8 Å². The van der Waals surface area contributed by atoms with Crippen molar-refractivity contribution in [1.29, 1.82) is 0 Å². The van der Waals surface area contributed by atoms with Crippen molar-refractivity contribution in [3.8, 4) is 0 Å². The van der Waals surface area contributed by atoms with E-state index in [9.17, 15) is 14.4 Å². The largest absolute Gasteiger partial charge is 0.465 e. The number of carbonyl (C=O) groups is 2. The Morgan fingerprint density at radius 1 is 1.32 bits per heavy atom. The first-order valence-corrected chi connectivity index (χ1v) is 9.59. The number of ether oxygens (including phenoxy) is 1. The summed E-state index contributed by atoms with van der Waals surface area (Å²) in [5.41, 5.74) is 1.54. The minimum atomic E-state index is -0.814. The zero-order valence-electron chi connectivity index (χ0n) is 15.7. The van der Waals surface area contributed by atoms with Crippen molar-refractivity contribution in [3.63, 3.8) is 0 Å². The van der Waals surface area contributed by atoms with Gasteiger partial charge in [-0.15, -0.1) is 11.3 Å². The van der Waals surface area contributed by atoms with Gasteiger partial charge in [0.15, 0.2) is 0 Å². The van der Waals surface area contributed by atoms with Gasteiger partial charge >= 0.3 is 5.97 Å². The van der Waals surface area contributed by atoms with Crippen LogP contribution in [0.2, 0.25) is 5.02 Å². The predicted octanol–water partition coefficient (Wildman–Crippen LogP) is 3.71. The van der Waals surface area contributed by atoms with Crippen LogP contribution in [0.5, 0.6) is 0 Å². The number of hydrogen-bond acceptors (Lipinski definition) is 6. The number of methoxy groups -OCH3 is 1. The van der Waals surface area contributed by atoms with Gasteiger partial charge in [0.2, 0.25) is 5.91 Å². The lowest BCUT2D eigenvalue weighted by atomic mass is 10.2. The summed E-state index contributed by atoms with van der Waals surface area (Å²) in [4.78, 5) is 42.5. The van der Waals surface area contributed by atoms with Crippen molar-refractivity contribution >= 4 is 50.7 Å². The number of aryl methyl sites for hydroxylation is 2. The van der Waals surface area contributed by atoms with Crippen LogP contribution in [-0.4, -0.2) is 28.5 Å². The Morgan fingerprint density at radius 3 is 2.68 bits per heavy atom. The van der Waals surface area contributed by atoms with Crippen LogP contribution in [0.4, 0.5) is 5.69 Å². The standard InChI is InChI=1S/C19H18ClN3O4S/c1-9-5-6-12(7-13(9)20)22-16(24)11(3)23-8-21-17-14(18(23)25)10(2)15(28-17)19(26)27-4/h5-8,11H,1-4H3,(H,22,24). The van der Waals surface area contributed by atoms with E-state index in [1.165, 1.54) is 18.0 Å². The molecule has 0 bridgehead atoms. The van der Waals surface area contributed by atoms with E-state index in [4.69, 9.17) is 16.3 Å². The summed E-state index contributed by atoms with van der Waals surface area (Å²) in [5, 5.41) is 3.60. The van der Waals surface area contributed by atoms with Gasteiger partial charge < -0.3 is 10.1 Å². The van der Waals surface area contributed by atoms with Gasteiger partial charge in [0, 0.05) is 10.7 Å². The molecule has 9 heteroatoms. The first-order chi connectivity index (χ1) is 13.2. The number of nitrogens with zero attached hydrogens (tertiary/aromatic N) is 2. The summed E-state index contributed by atoms with van der Waals surface area (Å²) in [5.74, 6) is -0.905. The van der Waals surface area contributed by atoms with Crippen LogP contribution in [0, 0.1) is 13.8 Å². The zero-order chi connectivity index (χ0) is 20.6. The van der Waals surface area contributed by atoms with E-state index in [1.54, 1.807) is 32.0 Å². The molecular formula is C19H18ClN3O4S. The lowest BCUT2D eigenvalue weighted by Crippen LogP contribution is -2.31. The fourth-order valence-corrected chi connectivity index (χ4v) is 3.98. The molecule has 0 spiro atoms. The van der Waals surface area contributed by atoms with Crippen LogP contribution in [0.1, 0.15) is 33.8 Å². The topological polar surface area (TPSA) is 90.3 Å². The van der Waals surface area contributed by atoms with Crippen molar-refractivity contribution in [2.75, 3.05) is 12.4 Å². The average Bonchev–Trinajstić information content (AvgIpc) is 3.01. The average molecular weight is 420 g/mol. The summed E-state index contributed by atoms with van der Waals surface area (Å²) in [6.45, 7) is 5.13. The maximum Gasteiger partial charge on any atom is 0.348 e. The zero-order valence-corrected chi connectivity index (χ0v) is 17.3. The van der Waals surface area contributed by atoms with Gasteiger partial charge in [-0.3, -0.25) is 14.2 Å². The van der Waals surface area contributed by atoms with Crippen LogP contribution in [0.25, 0.3) is 10.2 Å². The maximum absolute atomic E-state index is 12.9. The minimum Gasteiger partial charge on any atom is -0.465 e. The smallest absolute Gasteiger partial charge is 0.348 e. The number of fused-ring (bicyclic) bond motifs is 1. The Labute approximate surface area is 169 Å². The highest BCUT2D eigenvalue weighted by Crippen LogP contribution is 2.28. The molecule has 2 aromatic heterocycles. The fourth-order valence-electron chi connectivity index (χ4n) is 2.74. The summed E-state index contributed by atoms with van der Waals surface area (Å²) in [6, 6.07) is 4.37. The highest BCUT2D eigenvalue weighted by Gasteiger charge is 2.23. The Hall–Kier alpha value is -2.71. The van der Waals surface area contributed by atoms with Gasteiger partial charge in [-0.25, -0.2) is 9.78 Å². The molecule has 0 saturated heterocycles. The Morgan fingerprint density at radius 2 is 2.04 bits per heavy atom. The summed E-state index contributed by atoms with van der Waals surface area (Å²) < 4.78 is 5.99. The molecular weight excluding hydrogens is 402 g/mol. The molecule has 1 N–H and O–H groups in total. The maximum atomic E-state index is 12.9. The van der Waals surface area contributed by atoms with Gasteiger partial charge in [-0.05, 0) is 44.0 Å². The number of nitrogens with one attached hydrogen (secondary N) is 1. The molecule has 2 heterocycles. The van der Waals surface area contributed by atoms with E-state index in [2.05, 4.69) is 10.3 Å². The molecule has 1 atom stereocenters. The number of hydrogen-bond donors (Lipinski definition) is 1. The molecule has 3 aromatic rings. The first kappa shape index (κ1) is 20.0. The molecule has 0 aliphatic rings. The lowest BCUT2D eigenvalue weighted by molar-refractivity contribution is -0.118. The molecule has 0 fully saturated rings. The molecule has 1 aromatic carbocycles. The molecule has 1 unspecified atom stereocenters. The molecule has 0 radical (unpaired) electrons. The van der Waals surface area contributed by atoms with Crippen molar-refractivity contribution in [3.05, 3.63) is 55.9 Å². The quantitative estimate of drug-likeness (QED) is 0.651. The van der Waals surface area contributed by atoms with E-state index >= 15 is 0 Å². The number of rotatable bonds is 4. The third-order valence-corrected chi connectivity index (χ3v) is 6.07. The number of esters is 1. The number of thiophene rings is 1. The van der Waals surface area contributed by atoms with Crippen molar-refractivity contribution in [1.82, 2.24) is 9.55 Å². The number of amides is 1. The highest BCUT2D eigenvalue weighted by molar-refractivity contribution is 7.20. The highest BCUT2D eigenvalue weighted by atomic mass is 35.5. The normalized spacial score (nSPS) is 12.0. The fraction of sp³-hybridized carbons (Fsp3) is 0.263. The summed E-state index contributed by atoms with van der Waals surface area (Å²) in [6.07, 6.45) is 1.31. The van der Waals surface area contributed by atoms with Crippen molar-refractivity contribution in [2.24, 2.45) is 0 Å². The SMILES string of the molecule is COC(=O)c1sc2ncn(C(C)C(=O)Nc3ccc(C)c(Cl)c3)c(=O)c2c1C. The van der Waals surface area contributed by atoms with Crippen molar-refractivity contribution < 1.29 is 14.3 Å². The second kappa shape index (κ2) is 7.73. The molecule has 1 amide bonds. The second-order valence-electron chi connectivity index (χ2n) is 6.31. The van der Waals surface area contributed by atoms with Crippen LogP contribution in [0.15, 0.2) is 29.3 Å². The number of halogens is 1.